The highest BCUT2D eigenvalue weighted by atomic mass is 35.5. The van der Waals surface area contributed by atoms with Gasteiger partial charge in [0.1, 0.15) is 5.82 Å². The second kappa shape index (κ2) is 4.07. The average molecular weight is 238 g/mol. The van der Waals surface area contributed by atoms with E-state index in [2.05, 4.69) is 9.55 Å². The van der Waals surface area contributed by atoms with Crippen molar-refractivity contribution in [2.24, 2.45) is 12.8 Å². The zero-order valence-corrected chi connectivity index (χ0v) is 10.5. The number of nitrogens with two attached hydrogens (primary N) is 1. The van der Waals surface area contributed by atoms with Crippen LogP contribution in [0.25, 0.3) is 11.0 Å². The number of aromatic nitrogens is 2. The number of halogens is 1. The Morgan fingerprint density at radius 3 is 2.81 bits per heavy atom. The molecule has 16 heavy (non-hydrogen) atoms. The summed E-state index contributed by atoms with van der Waals surface area (Å²) >= 11 is 6.08. The second-order valence-electron chi connectivity index (χ2n) is 4.33. The molecule has 0 aliphatic rings. The van der Waals surface area contributed by atoms with Crippen LogP contribution in [0.4, 0.5) is 0 Å². The van der Waals surface area contributed by atoms with Crippen molar-refractivity contribution in [2.45, 2.75) is 26.3 Å². The first kappa shape index (κ1) is 11.4. The largest absolute Gasteiger partial charge is 0.331 e. The van der Waals surface area contributed by atoms with Crippen molar-refractivity contribution in [1.82, 2.24) is 9.55 Å². The molecular weight excluding hydrogens is 222 g/mol. The van der Waals surface area contributed by atoms with Crippen molar-refractivity contribution in [3.05, 3.63) is 28.5 Å². The highest BCUT2D eigenvalue weighted by Gasteiger charge is 2.11. The number of hydrogen-bond acceptors (Lipinski definition) is 2. The highest BCUT2D eigenvalue weighted by Crippen LogP contribution is 2.25. The Balaban J connectivity index is 2.69. The summed E-state index contributed by atoms with van der Waals surface area (Å²) in [5, 5.41) is 0.723. The fourth-order valence-electron chi connectivity index (χ4n) is 2.03. The minimum absolute atomic E-state index is 0.122. The third-order valence-electron chi connectivity index (χ3n) is 2.78. The molecular formula is C12H16ClN3. The standard InChI is InChI=1S/C12H16ClN3/c1-7(14)4-9-5-10(13)6-11-12(9)16(3)8(2)15-11/h5-7H,4,14H2,1-3H3. The lowest BCUT2D eigenvalue weighted by Gasteiger charge is -2.09. The molecule has 1 aromatic heterocycles. The van der Waals surface area contributed by atoms with Gasteiger partial charge in [0, 0.05) is 18.1 Å². The van der Waals surface area contributed by atoms with Gasteiger partial charge in [0.15, 0.2) is 0 Å². The number of imidazole rings is 1. The van der Waals surface area contributed by atoms with E-state index >= 15 is 0 Å². The molecule has 0 saturated carbocycles. The van der Waals surface area contributed by atoms with Crippen LogP contribution < -0.4 is 5.73 Å². The van der Waals surface area contributed by atoms with Crippen LogP contribution in [0, 0.1) is 6.92 Å². The van der Waals surface area contributed by atoms with Crippen molar-refractivity contribution >= 4 is 22.6 Å². The van der Waals surface area contributed by atoms with E-state index in [0.717, 1.165) is 28.3 Å². The maximum Gasteiger partial charge on any atom is 0.106 e. The predicted octanol–water partition coefficient (Wildman–Crippen LogP) is 2.42. The molecule has 86 valence electrons. The maximum absolute atomic E-state index is 6.08. The van der Waals surface area contributed by atoms with Crippen LogP contribution in [0.15, 0.2) is 12.1 Å². The molecule has 0 bridgehead atoms. The molecule has 0 aliphatic heterocycles. The monoisotopic (exact) mass is 237 g/mol. The van der Waals surface area contributed by atoms with E-state index in [1.807, 2.05) is 33.0 Å². The molecule has 0 saturated heterocycles. The van der Waals surface area contributed by atoms with Gasteiger partial charge in [-0.05, 0) is 38.0 Å². The molecule has 1 unspecified atom stereocenters. The lowest BCUT2D eigenvalue weighted by molar-refractivity contribution is 0.737. The number of aryl methyl sites for hydroxylation is 2. The van der Waals surface area contributed by atoms with Gasteiger partial charge in [0.05, 0.1) is 11.0 Å². The van der Waals surface area contributed by atoms with Crippen LogP contribution in [-0.4, -0.2) is 15.6 Å². The summed E-state index contributed by atoms with van der Waals surface area (Å²) in [4.78, 5) is 4.48. The lowest BCUT2D eigenvalue weighted by Crippen LogP contribution is -2.18. The van der Waals surface area contributed by atoms with Crippen LogP contribution in [0.1, 0.15) is 18.3 Å². The third kappa shape index (κ3) is 1.93. The summed E-state index contributed by atoms with van der Waals surface area (Å²) in [5.74, 6) is 0.989. The van der Waals surface area contributed by atoms with Gasteiger partial charge >= 0.3 is 0 Å². The summed E-state index contributed by atoms with van der Waals surface area (Å²) in [6.45, 7) is 3.99. The number of nitrogens with zero attached hydrogens (tertiary/aromatic N) is 2. The van der Waals surface area contributed by atoms with Gasteiger partial charge in [-0.2, -0.15) is 0 Å². The Bertz CT molecular complexity index is 529. The molecule has 0 radical (unpaired) electrons. The Hall–Kier alpha value is -1.06. The zero-order valence-electron chi connectivity index (χ0n) is 9.79. The normalized spacial score (nSPS) is 13.3. The van der Waals surface area contributed by atoms with Gasteiger partial charge in [0.25, 0.3) is 0 Å². The Morgan fingerprint density at radius 2 is 2.19 bits per heavy atom. The van der Waals surface area contributed by atoms with Crippen molar-refractivity contribution in [2.75, 3.05) is 0 Å². The van der Waals surface area contributed by atoms with Crippen LogP contribution >= 0.6 is 11.6 Å². The predicted molar refractivity (Wildman–Crippen MR) is 67.8 cm³/mol. The molecule has 0 spiro atoms. The molecule has 2 rings (SSSR count). The minimum atomic E-state index is 0.122. The average Bonchev–Trinajstić information content (AvgIpc) is 2.40. The minimum Gasteiger partial charge on any atom is -0.331 e. The molecule has 0 amide bonds. The number of benzene rings is 1. The fourth-order valence-corrected chi connectivity index (χ4v) is 2.26. The molecule has 1 heterocycles. The van der Waals surface area contributed by atoms with E-state index in [1.165, 1.54) is 5.56 Å². The van der Waals surface area contributed by atoms with Gasteiger partial charge < -0.3 is 10.3 Å². The van der Waals surface area contributed by atoms with Crippen molar-refractivity contribution in [1.29, 1.82) is 0 Å². The Labute approximate surface area is 100 Å². The van der Waals surface area contributed by atoms with Gasteiger partial charge in [-0.3, -0.25) is 0 Å². The van der Waals surface area contributed by atoms with E-state index in [4.69, 9.17) is 17.3 Å². The second-order valence-corrected chi connectivity index (χ2v) is 4.77. The van der Waals surface area contributed by atoms with E-state index in [-0.39, 0.29) is 6.04 Å². The zero-order chi connectivity index (χ0) is 11.9. The van der Waals surface area contributed by atoms with Gasteiger partial charge in [-0.1, -0.05) is 11.6 Å². The lowest BCUT2D eigenvalue weighted by atomic mass is 10.1. The first-order chi connectivity index (χ1) is 7.49. The van der Waals surface area contributed by atoms with Crippen molar-refractivity contribution < 1.29 is 0 Å². The molecule has 2 N–H and O–H groups in total. The van der Waals surface area contributed by atoms with Crippen LogP contribution in [-0.2, 0) is 13.5 Å². The number of rotatable bonds is 2. The van der Waals surface area contributed by atoms with Crippen LogP contribution in [0.3, 0.4) is 0 Å². The highest BCUT2D eigenvalue weighted by molar-refractivity contribution is 6.31. The quantitative estimate of drug-likeness (QED) is 0.872. The Kier molecular flexibility index (Phi) is 2.91. The fraction of sp³-hybridized carbons (Fsp3) is 0.417. The topological polar surface area (TPSA) is 43.8 Å². The molecule has 4 heteroatoms. The summed E-state index contributed by atoms with van der Waals surface area (Å²) in [5.41, 5.74) is 9.10. The summed E-state index contributed by atoms with van der Waals surface area (Å²) < 4.78 is 2.09. The number of fused-ring (bicyclic) bond motifs is 1. The molecule has 1 aromatic carbocycles. The smallest absolute Gasteiger partial charge is 0.106 e. The van der Waals surface area contributed by atoms with E-state index in [9.17, 15) is 0 Å². The Morgan fingerprint density at radius 1 is 1.50 bits per heavy atom. The van der Waals surface area contributed by atoms with Crippen molar-refractivity contribution in [3.8, 4) is 0 Å². The van der Waals surface area contributed by atoms with Gasteiger partial charge in [-0.25, -0.2) is 4.98 Å². The first-order valence-corrected chi connectivity index (χ1v) is 5.74. The SMILES string of the molecule is Cc1nc2cc(Cl)cc(CC(C)N)c2n1C. The van der Waals surface area contributed by atoms with Crippen LogP contribution in [0.5, 0.6) is 0 Å². The molecule has 3 nitrogen and oxygen atoms in total. The van der Waals surface area contributed by atoms with Crippen LogP contribution in [0.2, 0.25) is 5.02 Å². The first-order valence-electron chi connectivity index (χ1n) is 5.36. The third-order valence-corrected chi connectivity index (χ3v) is 3.00. The summed E-state index contributed by atoms with van der Waals surface area (Å²) in [6.07, 6.45) is 0.816. The van der Waals surface area contributed by atoms with E-state index in [0.29, 0.717) is 0 Å². The number of hydrogen-bond donors (Lipinski definition) is 1. The maximum atomic E-state index is 6.08. The van der Waals surface area contributed by atoms with Gasteiger partial charge in [-0.15, -0.1) is 0 Å². The van der Waals surface area contributed by atoms with Gasteiger partial charge in [0.2, 0.25) is 0 Å². The molecule has 2 aromatic rings. The molecule has 1 atom stereocenters. The van der Waals surface area contributed by atoms with E-state index < -0.39 is 0 Å². The van der Waals surface area contributed by atoms with E-state index in [1.54, 1.807) is 0 Å². The molecule has 0 aliphatic carbocycles. The van der Waals surface area contributed by atoms with Crippen molar-refractivity contribution in [3.63, 3.8) is 0 Å². The summed E-state index contributed by atoms with van der Waals surface area (Å²) in [6, 6.07) is 4.00. The summed E-state index contributed by atoms with van der Waals surface area (Å²) in [7, 11) is 2.02. The molecule has 0 fully saturated rings.